The van der Waals surface area contributed by atoms with Crippen molar-refractivity contribution in [1.29, 1.82) is 5.41 Å². The van der Waals surface area contributed by atoms with Gasteiger partial charge in [0.2, 0.25) is 0 Å². The van der Waals surface area contributed by atoms with Crippen LogP contribution in [0.1, 0.15) is 42.5 Å². The van der Waals surface area contributed by atoms with Crippen LogP contribution < -0.4 is 11.2 Å². The highest BCUT2D eigenvalue weighted by atomic mass is 35.5. The molecule has 0 aliphatic carbocycles. The van der Waals surface area contributed by atoms with Crippen LogP contribution in [0, 0.1) is 12.3 Å². The fourth-order valence-corrected chi connectivity index (χ4v) is 3.15. The molecule has 0 bridgehead atoms. The van der Waals surface area contributed by atoms with Crippen molar-refractivity contribution in [3.63, 3.8) is 0 Å². The molecular weight excluding hydrogens is 329 g/mol. The van der Waals surface area contributed by atoms with Crippen molar-refractivity contribution in [3.05, 3.63) is 69.3 Å². The predicted octanol–water partition coefficient (Wildman–Crippen LogP) is 4.90. The van der Waals surface area contributed by atoms with E-state index in [9.17, 15) is 0 Å². The Labute approximate surface area is 146 Å². The third-order valence-electron chi connectivity index (χ3n) is 3.90. The first-order chi connectivity index (χ1) is 10.8. The van der Waals surface area contributed by atoms with Gasteiger partial charge in [-0.05, 0) is 42.7 Å². The normalized spacial score (nSPS) is 12.2. The molecule has 0 saturated heterocycles. The fraction of sp³-hybridized carbons (Fsp3) is 0.278. The molecule has 23 heavy (non-hydrogen) atoms. The molecule has 2 rings (SSSR count). The molecule has 0 saturated carbocycles. The smallest absolute Gasteiger partial charge is 0.134 e. The molecule has 3 nitrogen and oxygen atoms in total. The zero-order valence-electron chi connectivity index (χ0n) is 13.4. The third-order valence-corrected chi connectivity index (χ3v) is 4.34. The van der Waals surface area contributed by atoms with Crippen LogP contribution in [0.15, 0.2) is 37.0 Å². The van der Waals surface area contributed by atoms with Crippen molar-refractivity contribution in [3.8, 4) is 0 Å². The molecule has 1 aromatic carbocycles. The van der Waals surface area contributed by atoms with Gasteiger partial charge in [0, 0.05) is 22.5 Å². The Morgan fingerprint density at radius 1 is 1.30 bits per heavy atom. The average molecular weight is 350 g/mol. The van der Waals surface area contributed by atoms with Crippen molar-refractivity contribution in [2.45, 2.75) is 32.7 Å². The zero-order chi connectivity index (χ0) is 17.1. The lowest BCUT2D eigenvalue weighted by atomic mass is 9.97. The van der Waals surface area contributed by atoms with E-state index in [1.807, 2.05) is 29.7 Å². The molecule has 0 spiro atoms. The lowest BCUT2D eigenvalue weighted by Crippen LogP contribution is -2.29. The van der Waals surface area contributed by atoms with E-state index in [0.717, 1.165) is 24.0 Å². The Bertz CT molecular complexity index is 793. The van der Waals surface area contributed by atoms with E-state index in [2.05, 4.69) is 13.5 Å². The maximum Gasteiger partial charge on any atom is 0.134 e. The van der Waals surface area contributed by atoms with Crippen LogP contribution in [0.5, 0.6) is 0 Å². The molecule has 5 heteroatoms. The summed E-state index contributed by atoms with van der Waals surface area (Å²) < 4.78 is 1.86. The number of nitrogens with two attached hydrogens (primary N) is 1. The van der Waals surface area contributed by atoms with Crippen LogP contribution >= 0.6 is 23.2 Å². The van der Waals surface area contributed by atoms with Crippen LogP contribution in [0.25, 0.3) is 5.70 Å². The molecule has 2 aromatic rings. The molecular formula is C18H21Cl2N3. The summed E-state index contributed by atoms with van der Waals surface area (Å²) >= 11 is 12.4. The summed E-state index contributed by atoms with van der Waals surface area (Å²) in [5.41, 5.74) is 9.23. The summed E-state index contributed by atoms with van der Waals surface area (Å²) in [6.45, 7) is 7.91. The largest absolute Gasteiger partial charge is 0.399 e. The Balaban J connectivity index is 2.70. The molecule has 1 unspecified atom stereocenters. The van der Waals surface area contributed by atoms with Gasteiger partial charge in [0.25, 0.3) is 0 Å². The molecule has 1 aromatic heterocycles. The number of aromatic nitrogens is 1. The number of halogens is 2. The summed E-state index contributed by atoms with van der Waals surface area (Å²) in [5.74, 6) is 0. The van der Waals surface area contributed by atoms with Gasteiger partial charge in [0.05, 0.1) is 11.1 Å². The summed E-state index contributed by atoms with van der Waals surface area (Å²) in [4.78, 5) is 0. The van der Waals surface area contributed by atoms with Gasteiger partial charge >= 0.3 is 0 Å². The maximum atomic E-state index is 8.49. The highest BCUT2D eigenvalue weighted by Crippen LogP contribution is 2.29. The number of aryl methyl sites for hydroxylation is 1. The zero-order valence-corrected chi connectivity index (χ0v) is 14.9. The quantitative estimate of drug-likeness (QED) is 0.792. The van der Waals surface area contributed by atoms with Gasteiger partial charge < -0.3 is 10.3 Å². The minimum Gasteiger partial charge on any atom is -0.399 e. The topological polar surface area (TPSA) is 54.8 Å². The Kier molecular flexibility index (Phi) is 5.55. The van der Waals surface area contributed by atoms with Gasteiger partial charge in [-0.25, -0.2) is 0 Å². The van der Waals surface area contributed by atoms with Gasteiger partial charge in [-0.1, -0.05) is 49.2 Å². The Morgan fingerprint density at radius 2 is 2.00 bits per heavy atom. The van der Waals surface area contributed by atoms with Crippen molar-refractivity contribution in [2.75, 3.05) is 0 Å². The minimum absolute atomic E-state index is 0.0250. The molecule has 0 aliphatic rings. The number of hydrogen-bond donors (Lipinski definition) is 2. The van der Waals surface area contributed by atoms with Crippen LogP contribution in [0.4, 0.5) is 0 Å². The fourth-order valence-electron chi connectivity index (χ4n) is 2.76. The second kappa shape index (κ2) is 7.24. The second-order valence-electron chi connectivity index (χ2n) is 5.66. The Morgan fingerprint density at radius 3 is 2.61 bits per heavy atom. The number of nitrogens with zero attached hydrogens (tertiary/aromatic N) is 1. The van der Waals surface area contributed by atoms with Crippen LogP contribution in [-0.2, 0) is 0 Å². The number of pyridine rings is 1. The number of benzene rings is 1. The van der Waals surface area contributed by atoms with E-state index in [1.165, 1.54) is 0 Å². The van der Waals surface area contributed by atoms with Crippen molar-refractivity contribution in [2.24, 2.45) is 5.73 Å². The maximum absolute atomic E-state index is 8.49. The van der Waals surface area contributed by atoms with E-state index in [-0.39, 0.29) is 6.04 Å². The van der Waals surface area contributed by atoms with Crippen molar-refractivity contribution >= 4 is 28.9 Å². The highest BCUT2D eigenvalue weighted by molar-refractivity contribution is 6.31. The lowest BCUT2D eigenvalue weighted by Gasteiger charge is -2.24. The summed E-state index contributed by atoms with van der Waals surface area (Å²) in [5, 5.41) is 9.70. The van der Waals surface area contributed by atoms with Gasteiger partial charge in [-0.3, -0.25) is 5.41 Å². The summed E-state index contributed by atoms with van der Waals surface area (Å²) in [7, 11) is 0. The SMILES string of the molecule is C=C(N)c1cc(Cl)cn(C(CCC)c2cc(Cl)ccc2C)c1=N. The monoisotopic (exact) mass is 349 g/mol. The van der Waals surface area contributed by atoms with Gasteiger partial charge in [-0.15, -0.1) is 0 Å². The molecule has 1 heterocycles. The van der Waals surface area contributed by atoms with E-state index < -0.39 is 0 Å². The highest BCUT2D eigenvalue weighted by Gasteiger charge is 2.18. The predicted molar refractivity (Wildman–Crippen MR) is 97.8 cm³/mol. The van der Waals surface area contributed by atoms with Gasteiger partial charge in [0.15, 0.2) is 0 Å². The number of nitrogens with one attached hydrogen (secondary N) is 1. The molecule has 0 radical (unpaired) electrons. The first kappa shape index (κ1) is 17.6. The van der Waals surface area contributed by atoms with Crippen molar-refractivity contribution < 1.29 is 0 Å². The van der Waals surface area contributed by atoms with Crippen LogP contribution in [0.2, 0.25) is 10.0 Å². The summed E-state index contributed by atoms with van der Waals surface area (Å²) in [6.07, 6.45) is 3.61. The lowest BCUT2D eigenvalue weighted by molar-refractivity contribution is 0.506. The van der Waals surface area contributed by atoms with E-state index in [4.69, 9.17) is 34.3 Å². The molecule has 3 N–H and O–H groups in total. The molecule has 122 valence electrons. The number of hydrogen-bond acceptors (Lipinski definition) is 2. The van der Waals surface area contributed by atoms with E-state index in [1.54, 1.807) is 12.3 Å². The third kappa shape index (κ3) is 3.80. The first-order valence-electron chi connectivity index (χ1n) is 7.52. The van der Waals surface area contributed by atoms with E-state index in [0.29, 0.717) is 26.8 Å². The van der Waals surface area contributed by atoms with Crippen LogP contribution in [-0.4, -0.2) is 4.57 Å². The second-order valence-corrected chi connectivity index (χ2v) is 6.53. The standard InChI is InChI=1S/C18H21Cl2N3/c1-4-5-17(15-8-13(19)7-6-11(15)2)23-10-14(20)9-16(12(3)21)18(23)22/h6-10,17,22H,3-5,21H2,1-2H3. The molecule has 0 aliphatic heterocycles. The average Bonchev–Trinajstić information content (AvgIpc) is 2.49. The number of rotatable bonds is 5. The van der Waals surface area contributed by atoms with Crippen LogP contribution in [0.3, 0.4) is 0 Å². The van der Waals surface area contributed by atoms with Gasteiger partial charge in [-0.2, -0.15) is 0 Å². The summed E-state index contributed by atoms with van der Waals surface area (Å²) in [6, 6.07) is 7.49. The Hall–Kier alpha value is -1.71. The van der Waals surface area contributed by atoms with E-state index >= 15 is 0 Å². The molecule has 1 atom stereocenters. The minimum atomic E-state index is -0.0250. The first-order valence-corrected chi connectivity index (χ1v) is 8.27. The molecule has 0 fully saturated rings. The molecule has 0 amide bonds. The van der Waals surface area contributed by atoms with Crippen molar-refractivity contribution in [1.82, 2.24) is 4.57 Å². The van der Waals surface area contributed by atoms with Gasteiger partial charge in [0.1, 0.15) is 5.49 Å².